The predicted molar refractivity (Wildman–Crippen MR) is 98.0 cm³/mol. The van der Waals surface area contributed by atoms with Gasteiger partial charge in [0.05, 0.1) is 7.11 Å². The summed E-state index contributed by atoms with van der Waals surface area (Å²) in [7, 11) is 1.58. The smallest absolute Gasteiger partial charge is 0.339 e. The van der Waals surface area contributed by atoms with E-state index < -0.39 is 11.7 Å². The standard InChI is InChI=1S/C21H20O5/c1-21(2,3)16-12-14(7-10-19(16)26-4)17(22)9-6-13-5-8-15(20(24)25)18(23)11-13/h5,7-8,10-12,23H,1-4H3,(H,24,25). The number of rotatable bonds is 3. The second-order valence-corrected chi connectivity index (χ2v) is 6.78. The second kappa shape index (κ2) is 7.32. The van der Waals surface area contributed by atoms with Crippen LogP contribution in [0.4, 0.5) is 0 Å². The van der Waals surface area contributed by atoms with Gasteiger partial charge in [0, 0.05) is 16.7 Å². The summed E-state index contributed by atoms with van der Waals surface area (Å²) in [4.78, 5) is 23.3. The minimum atomic E-state index is -1.23. The number of ether oxygens (including phenoxy) is 1. The van der Waals surface area contributed by atoms with E-state index in [-0.39, 0.29) is 16.8 Å². The molecule has 0 aliphatic rings. The number of carbonyl (C=O) groups is 2. The van der Waals surface area contributed by atoms with Crippen molar-refractivity contribution in [3.8, 4) is 23.3 Å². The monoisotopic (exact) mass is 352 g/mol. The molecule has 0 saturated carbocycles. The topological polar surface area (TPSA) is 83.8 Å². The van der Waals surface area contributed by atoms with Gasteiger partial charge in [-0.15, -0.1) is 0 Å². The van der Waals surface area contributed by atoms with E-state index in [1.165, 1.54) is 18.2 Å². The first-order valence-electron chi connectivity index (χ1n) is 7.94. The number of ketones is 1. The van der Waals surface area contributed by atoms with Crippen molar-refractivity contribution in [1.29, 1.82) is 0 Å². The molecule has 0 radical (unpaired) electrons. The second-order valence-electron chi connectivity index (χ2n) is 6.78. The van der Waals surface area contributed by atoms with Gasteiger partial charge in [0.2, 0.25) is 5.78 Å². The van der Waals surface area contributed by atoms with Gasteiger partial charge in [0.25, 0.3) is 0 Å². The van der Waals surface area contributed by atoms with Crippen LogP contribution in [0.5, 0.6) is 11.5 Å². The number of carboxylic acids is 1. The van der Waals surface area contributed by atoms with E-state index in [0.717, 1.165) is 5.56 Å². The summed E-state index contributed by atoms with van der Waals surface area (Å²) < 4.78 is 5.36. The maximum absolute atomic E-state index is 12.4. The summed E-state index contributed by atoms with van der Waals surface area (Å²) in [6, 6.07) is 9.06. The van der Waals surface area contributed by atoms with Crippen molar-refractivity contribution < 1.29 is 24.5 Å². The van der Waals surface area contributed by atoms with Crippen molar-refractivity contribution in [3.05, 3.63) is 58.7 Å². The molecule has 5 heteroatoms. The first kappa shape index (κ1) is 19.1. The predicted octanol–water partition coefficient (Wildman–Crippen LogP) is 3.63. The van der Waals surface area contributed by atoms with Crippen LogP contribution in [0.2, 0.25) is 0 Å². The molecule has 0 aliphatic heterocycles. The molecule has 2 N–H and O–H groups in total. The van der Waals surface area contributed by atoms with E-state index in [1.54, 1.807) is 25.3 Å². The third-order valence-corrected chi connectivity index (χ3v) is 3.82. The zero-order chi connectivity index (χ0) is 19.5. The summed E-state index contributed by atoms with van der Waals surface area (Å²) in [6.45, 7) is 6.08. The summed E-state index contributed by atoms with van der Waals surface area (Å²) in [5, 5.41) is 18.6. The van der Waals surface area contributed by atoms with Crippen LogP contribution in [0.25, 0.3) is 0 Å². The van der Waals surface area contributed by atoms with E-state index in [9.17, 15) is 14.7 Å². The van der Waals surface area contributed by atoms with E-state index >= 15 is 0 Å². The quantitative estimate of drug-likeness (QED) is 0.651. The lowest BCUT2D eigenvalue weighted by atomic mass is 9.85. The minimum absolute atomic E-state index is 0.201. The van der Waals surface area contributed by atoms with Gasteiger partial charge in [-0.3, -0.25) is 4.79 Å². The van der Waals surface area contributed by atoms with Crippen molar-refractivity contribution in [1.82, 2.24) is 0 Å². The van der Waals surface area contributed by atoms with E-state index in [1.807, 2.05) is 20.8 Å². The van der Waals surface area contributed by atoms with Crippen LogP contribution in [0.15, 0.2) is 36.4 Å². The van der Waals surface area contributed by atoms with Gasteiger partial charge in [0.1, 0.15) is 17.1 Å². The van der Waals surface area contributed by atoms with Gasteiger partial charge in [-0.25, -0.2) is 4.79 Å². The number of carbonyl (C=O) groups excluding carboxylic acids is 1. The lowest BCUT2D eigenvalue weighted by Gasteiger charge is -2.22. The van der Waals surface area contributed by atoms with Gasteiger partial charge in [-0.1, -0.05) is 26.7 Å². The highest BCUT2D eigenvalue weighted by Crippen LogP contribution is 2.32. The van der Waals surface area contributed by atoms with Crippen LogP contribution in [0.1, 0.15) is 52.6 Å². The molecule has 26 heavy (non-hydrogen) atoms. The zero-order valence-electron chi connectivity index (χ0n) is 15.1. The van der Waals surface area contributed by atoms with Gasteiger partial charge < -0.3 is 14.9 Å². The Labute approximate surface area is 152 Å². The molecule has 0 amide bonds. The molecule has 0 fully saturated rings. The number of hydrogen-bond acceptors (Lipinski definition) is 4. The van der Waals surface area contributed by atoms with Crippen molar-refractivity contribution in [2.75, 3.05) is 7.11 Å². The normalized spacial score (nSPS) is 10.6. The first-order valence-corrected chi connectivity index (χ1v) is 7.94. The molecular formula is C21H20O5. The Hall–Kier alpha value is -3.26. The molecule has 0 heterocycles. The van der Waals surface area contributed by atoms with Crippen LogP contribution >= 0.6 is 0 Å². The maximum atomic E-state index is 12.4. The van der Waals surface area contributed by atoms with Crippen LogP contribution < -0.4 is 4.74 Å². The van der Waals surface area contributed by atoms with Crippen LogP contribution in [0, 0.1) is 11.8 Å². The third kappa shape index (κ3) is 4.22. The fourth-order valence-electron chi connectivity index (χ4n) is 2.43. The zero-order valence-corrected chi connectivity index (χ0v) is 15.1. The van der Waals surface area contributed by atoms with Crippen molar-refractivity contribution in [3.63, 3.8) is 0 Å². The Kier molecular flexibility index (Phi) is 5.37. The average molecular weight is 352 g/mol. The Morgan fingerprint density at radius 2 is 1.77 bits per heavy atom. The summed E-state index contributed by atoms with van der Waals surface area (Å²) in [5.74, 6) is 3.88. The Bertz CT molecular complexity index is 924. The molecule has 0 aliphatic carbocycles. The summed E-state index contributed by atoms with van der Waals surface area (Å²) >= 11 is 0. The largest absolute Gasteiger partial charge is 0.507 e. The molecule has 5 nitrogen and oxygen atoms in total. The van der Waals surface area contributed by atoms with Gasteiger partial charge in [0.15, 0.2) is 0 Å². The fraction of sp³-hybridized carbons (Fsp3) is 0.238. The molecule has 2 aromatic carbocycles. The number of benzene rings is 2. The Morgan fingerprint density at radius 1 is 1.08 bits per heavy atom. The molecule has 0 spiro atoms. The molecule has 0 aromatic heterocycles. The number of carboxylic acid groups (broad SMARTS) is 1. The Balaban J connectivity index is 2.33. The maximum Gasteiger partial charge on any atom is 0.339 e. The van der Waals surface area contributed by atoms with Crippen LogP contribution in [0.3, 0.4) is 0 Å². The summed E-state index contributed by atoms with van der Waals surface area (Å²) in [5.41, 5.74) is 1.27. The molecule has 0 atom stereocenters. The number of Topliss-reactive ketones (excluding diaryl/α,β-unsaturated/α-hetero) is 1. The molecule has 2 aromatic rings. The van der Waals surface area contributed by atoms with Gasteiger partial charge in [-0.2, -0.15) is 0 Å². The van der Waals surface area contributed by atoms with Crippen molar-refractivity contribution in [2.45, 2.75) is 26.2 Å². The average Bonchev–Trinajstić information content (AvgIpc) is 2.58. The third-order valence-electron chi connectivity index (χ3n) is 3.82. The van der Waals surface area contributed by atoms with Crippen molar-refractivity contribution in [2.24, 2.45) is 0 Å². The summed E-state index contributed by atoms with van der Waals surface area (Å²) in [6.07, 6.45) is 0. The molecule has 0 unspecified atom stereocenters. The lowest BCUT2D eigenvalue weighted by molar-refractivity contribution is 0.0693. The first-order chi connectivity index (χ1) is 12.1. The van der Waals surface area contributed by atoms with Gasteiger partial charge >= 0.3 is 5.97 Å². The number of aromatic hydroxyl groups is 1. The SMILES string of the molecule is COc1ccc(C(=O)C#Cc2ccc(C(=O)O)c(O)c2)cc1C(C)(C)C. The number of methoxy groups -OCH3 is 1. The number of phenols is 1. The molecule has 0 bridgehead atoms. The van der Waals surface area contributed by atoms with Crippen LogP contribution in [-0.2, 0) is 5.41 Å². The van der Waals surface area contributed by atoms with E-state index in [0.29, 0.717) is 16.9 Å². The van der Waals surface area contributed by atoms with Crippen LogP contribution in [-0.4, -0.2) is 29.1 Å². The van der Waals surface area contributed by atoms with E-state index in [4.69, 9.17) is 9.84 Å². The minimum Gasteiger partial charge on any atom is -0.507 e. The molecule has 2 rings (SSSR count). The highest BCUT2D eigenvalue weighted by molar-refractivity contribution is 6.09. The molecular weight excluding hydrogens is 332 g/mol. The fourth-order valence-corrected chi connectivity index (χ4v) is 2.43. The van der Waals surface area contributed by atoms with E-state index in [2.05, 4.69) is 11.8 Å². The Morgan fingerprint density at radius 3 is 2.31 bits per heavy atom. The molecule has 0 saturated heterocycles. The van der Waals surface area contributed by atoms with Gasteiger partial charge in [-0.05, 0) is 47.7 Å². The lowest BCUT2D eigenvalue weighted by Crippen LogP contribution is -2.14. The highest BCUT2D eigenvalue weighted by Gasteiger charge is 2.20. The number of aromatic carboxylic acids is 1. The van der Waals surface area contributed by atoms with Crippen molar-refractivity contribution >= 4 is 11.8 Å². The highest BCUT2D eigenvalue weighted by atomic mass is 16.5. The molecule has 134 valence electrons. The number of hydrogen-bond donors (Lipinski definition) is 2.